The number of nitrogens with zero attached hydrogens (tertiary/aromatic N) is 3. The molecule has 0 fully saturated rings. The predicted octanol–water partition coefficient (Wildman–Crippen LogP) is 2.24. The number of methoxy groups -OCH3 is 1. The first-order valence-corrected chi connectivity index (χ1v) is 9.05. The van der Waals surface area contributed by atoms with E-state index in [1.165, 1.54) is 4.57 Å². The van der Waals surface area contributed by atoms with Crippen LogP contribution in [-0.2, 0) is 18.4 Å². The number of hydrogen-bond acceptors (Lipinski definition) is 5. The van der Waals surface area contributed by atoms with Crippen LogP contribution in [0.3, 0.4) is 0 Å². The van der Waals surface area contributed by atoms with Crippen LogP contribution in [0.15, 0.2) is 70.1 Å². The van der Waals surface area contributed by atoms with Gasteiger partial charge in [-0.15, -0.1) is 0 Å². The minimum atomic E-state index is -0.570. The zero-order valence-electron chi connectivity index (χ0n) is 16.0. The smallest absolute Gasteiger partial charge is 0.420 e. The summed E-state index contributed by atoms with van der Waals surface area (Å²) in [6, 6.07) is 13.9. The third kappa shape index (κ3) is 3.64. The number of fused-ring (bicyclic) bond motifs is 1. The van der Waals surface area contributed by atoms with E-state index >= 15 is 0 Å². The highest BCUT2D eigenvalue weighted by atomic mass is 16.5. The highest BCUT2D eigenvalue weighted by Crippen LogP contribution is 2.23. The number of carbonyl (C=O) groups is 1. The lowest BCUT2D eigenvalue weighted by Gasteiger charge is -2.19. The Hall–Kier alpha value is -3.81. The van der Waals surface area contributed by atoms with Crippen molar-refractivity contribution in [1.29, 1.82) is 0 Å². The van der Waals surface area contributed by atoms with E-state index in [0.717, 1.165) is 11.3 Å². The second-order valence-corrected chi connectivity index (χ2v) is 6.59. The second-order valence-electron chi connectivity index (χ2n) is 6.59. The van der Waals surface area contributed by atoms with Gasteiger partial charge in [0, 0.05) is 19.4 Å². The molecule has 0 radical (unpaired) electrons. The van der Waals surface area contributed by atoms with Gasteiger partial charge in [-0.2, -0.15) is 0 Å². The van der Waals surface area contributed by atoms with Gasteiger partial charge in [0.05, 0.1) is 12.6 Å². The Morgan fingerprint density at radius 3 is 2.66 bits per heavy atom. The minimum Gasteiger partial charge on any atom is -0.497 e. The summed E-state index contributed by atoms with van der Waals surface area (Å²) in [7, 11) is 3.46. The maximum Gasteiger partial charge on any atom is 0.420 e. The van der Waals surface area contributed by atoms with Crippen LogP contribution in [0.4, 0.5) is 0 Å². The fraction of sp³-hybridized carbons (Fsp3) is 0.190. The highest BCUT2D eigenvalue weighted by Gasteiger charge is 2.22. The number of rotatable bonds is 6. The number of imidazole rings is 1. The lowest BCUT2D eigenvalue weighted by Crippen LogP contribution is -2.35. The number of ether oxygens (including phenoxy) is 1. The molecule has 4 aromatic rings. The van der Waals surface area contributed by atoms with Crippen molar-refractivity contribution in [2.24, 2.45) is 7.05 Å². The van der Waals surface area contributed by atoms with Crippen molar-refractivity contribution in [3.05, 3.63) is 82.9 Å². The fourth-order valence-corrected chi connectivity index (χ4v) is 3.26. The number of benzene rings is 2. The standard InChI is InChI=1S/C21H20N4O4/c1-24-12-11-22-20(24)19(14-7-9-15(28-2)10-8-14)23-18(26)13-25-16-5-3-4-6-17(16)29-21(25)27/h3-12,19H,13H2,1-2H3,(H,23,26)/t19-/m0/s1. The quantitative estimate of drug-likeness (QED) is 0.543. The van der Waals surface area contributed by atoms with E-state index < -0.39 is 11.8 Å². The molecule has 148 valence electrons. The lowest BCUT2D eigenvalue weighted by atomic mass is 10.1. The monoisotopic (exact) mass is 392 g/mol. The SMILES string of the molecule is COc1ccc([C@H](NC(=O)Cn2c(=O)oc3ccccc32)c2nccn2C)cc1. The highest BCUT2D eigenvalue weighted by molar-refractivity contribution is 5.80. The molecule has 0 aliphatic rings. The molecule has 29 heavy (non-hydrogen) atoms. The van der Waals surface area contributed by atoms with Crippen molar-refractivity contribution < 1.29 is 13.9 Å². The fourth-order valence-electron chi connectivity index (χ4n) is 3.26. The molecule has 0 saturated heterocycles. The maximum absolute atomic E-state index is 12.8. The Balaban J connectivity index is 1.63. The molecule has 4 rings (SSSR count). The Morgan fingerprint density at radius 1 is 1.21 bits per heavy atom. The average molecular weight is 392 g/mol. The van der Waals surface area contributed by atoms with Crippen molar-refractivity contribution in [3.8, 4) is 5.75 Å². The number of nitrogens with one attached hydrogen (secondary N) is 1. The van der Waals surface area contributed by atoms with E-state index in [2.05, 4.69) is 10.3 Å². The van der Waals surface area contributed by atoms with E-state index in [0.29, 0.717) is 16.9 Å². The summed E-state index contributed by atoms with van der Waals surface area (Å²) in [6.07, 6.45) is 3.48. The molecule has 2 aromatic heterocycles. The van der Waals surface area contributed by atoms with Crippen molar-refractivity contribution in [2.75, 3.05) is 7.11 Å². The molecule has 0 spiro atoms. The summed E-state index contributed by atoms with van der Waals surface area (Å²) >= 11 is 0. The number of aryl methyl sites for hydroxylation is 1. The van der Waals surface area contributed by atoms with Gasteiger partial charge in [0.1, 0.15) is 24.2 Å². The third-order valence-corrected chi connectivity index (χ3v) is 4.75. The van der Waals surface area contributed by atoms with Gasteiger partial charge in [-0.1, -0.05) is 24.3 Å². The first-order chi connectivity index (χ1) is 14.1. The van der Waals surface area contributed by atoms with Crippen LogP contribution in [0.2, 0.25) is 0 Å². The van der Waals surface area contributed by atoms with E-state index in [1.54, 1.807) is 37.6 Å². The van der Waals surface area contributed by atoms with Crippen LogP contribution in [0.25, 0.3) is 11.1 Å². The predicted molar refractivity (Wildman–Crippen MR) is 107 cm³/mol. The topological polar surface area (TPSA) is 91.3 Å². The van der Waals surface area contributed by atoms with Crippen LogP contribution in [0, 0.1) is 0 Å². The summed E-state index contributed by atoms with van der Waals surface area (Å²) in [5, 5.41) is 2.98. The normalized spacial score (nSPS) is 12.1. The van der Waals surface area contributed by atoms with E-state index in [4.69, 9.17) is 9.15 Å². The molecule has 2 heterocycles. The summed E-state index contributed by atoms with van der Waals surface area (Å²) in [4.78, 5) is 29.4. The van der Waals surface area contributed by atoms with Crippen LogP contribution >= 0.6 is 0 Å². The van der Waals surface area contributed by atoms with Gasteiger partial charge in [-0.3, -0.25) is 9.36 Å². The largest absolute Gasteiger partial charge is 0.497 e. The number of carbonyl (C=O) groups excluding carboxylic acids is 1. The van der Waals surface area contributed by atoms with Crippen LogP contribution < -0.4 is 15.8 Å². The van der Waals surface area contributed by atoms with Crippen molar-refractivity contribution in [2.45, 2.75) is 12.6 Å². The van der Waals surface area contributed by atoms with Gasteiger partial charge < -0.3 is 19.0 Å². The Labute approximate surface area is 166 Å². The van der Waals surface area contributed by atoms with Crippen LogP contribution in [0.5, 0.6) is 5.75 Å². The molecular formula is C21H20N4O4. The van der Waals surface area contributed by atoms with E-state index in [-0.39, 0.29) is 12.5 Å². The second kappa shape index (κ2) is 7.67. The van der Waals surface area contributed by atoms with Gasteiger partial charge in [0.15, 0.2) is 5.58 Å². The molecule has 0 bridgehead atoms. The molecule has 2 aromatic carbocycles. The van der Waals surface area contributed by atoms with Crippen LogP contribution in [-0.4, -0.2) is 27.1 Å². The Morgan fingerprint density at radius 2 is 1.97 bits per heavy atom. The molecule has 0 saturated carbocycles. The lowest BCUT2D eigenvalue weighted by molar-refractivity contribution is -0.122. The van der Waals surface area contributed by atoms with Crippen molar-refractivity contribution in [1.82, 2.24) is 19.4 Å². The maximum atomic E-state index is 12.8. The zero-order chi connectivity index (χ0) is 20.4. The first-order valence-electron chi connectivity index (χ1n) is 9.05. The average Bonchev–Trinajstić information content (AvgIpc) is 3.29. The van der Waals surface area contributed by atoms with Crippen molar-refractivity contribution in [3.63, 3.8) is 0 Å². The molecule has 1 atom stereocenters. The van der Waals surface area contributed by atoms with Gasteiger partial charge >= 0.3 is 5.76 Å². The zero-order valence-corrected chi connectivity index (χ0v) is 16.0. The first kappa shape index (κ1) is 18.5. The summed E-state index contributed by atoms with van der Waals surface area (Å²) in [5.41, 5.74) is 1.87. The molecule has 0 aliphatic carbocycles. The molecule has 1 N–H and O–H groups in total. The number of para-hydroxylation sites is 2. The summed E-state index contributed by atoms with van der Waals surface area (Å²) < 4.78 is 13.6. The Kier molecular flexibility index (Phi) is 4.90. The van der Waals surface area contributed by atoms with E-state index in [9.17, 15) is 9.59 Å². The number of oxazole rings is 1. The van der Waals surface area contributed by atoms with Gasteiger partial charge in [0.2, 0.25) is 5.91 Å². The molecule has 0 aliphatic heterocycles. The van der Waals surface area contributed by atoms with Gasteiger partial charge in [-0.05, 0) is 29.8 Å². The molecule has 0 unspecified atom stereocenters. The Bertz CT molecular complexity index is 1200. The van der Waals surface area contributed by atoms with Gasteiger partial charge in [0.25, 0.3) is 0 Å². The van der Waals surface area contributed by atoms with Crippen molar-refractivity contribution >= 4 is 17.0 Å². The van der Waals surface area contributed by atoms with Gasteiger partial charge in [-0.25, -0.2) is 9.78 Å². The summed E-state index contributed by atoms with van der Waals surface area (Å²) in [5.74, 6) is 0.491. The number of amides is 1. The minimum absolute atomic E-state index is 0.160. The summed E-state index contributed by atoms with van der Waals surface area (Å²) in [6.45, 7) is -0.160. The molecular weight excluding hydrogens is 372 g/mol. The van der Waals surface area contributed by atoms with Crippen LogP contribution in [0.1, 0.15) is 17.4 Å². The third-order valence-electron chi connectivity index (χ3n) is 4.75. The molecule has 1 amide bonds. The number of hydrogen-bond donors (Lipinski definition) is 1. The molecule has 8 heteroatoms. The number of aromatic nitrogens is 3. The molecule has 8 nitrogen and oxygen atoms in total. The van der Waals surface area contributed by atoms with E-state index in [1.807, 2.05) is 42.1 Å².